The van der Waals surface area contributed by atoms with Crippen molar-refractivity contribution in [2.24, 2.45) is 0 Å². The summed E-state index contributed by atoms with van der Waals surface area (Å²) in [5.41, 5.74) is -3.11. The van der Waals surface area contributed by atoms with Crippen LogP contribution in [-0.4, -0.2) is 21.3 Å². The van der Waals surface area contributed by atoms with Crippen LogP contribution in [0.25, 0.3) is 0 Å². The monoisotopic (exact) mass is 218 g/mol. The summed E-state index contributed by atoms with van der Waals surface area (Å²) in [6.07, 6.45) is -2.71. The predicted octanol–water partition coefficient (Wildman–Crippen LogP) is 1.45. The number of aromatic hydroxyl groups is 1. The minimum Gasteiger partial charge on any atom is -0.506 e. The molecule has 0 unspecified atom stereocenters. The number of nitro groups is 1. The number of hydrogen-bond donors (Lipinski definition) is 1. The van der Waals surface area contributed by atoms with Gasteiger partial charge in [0.2, 0.25) is 0 Å². The number of pyridine rings is 1. The van der Waals surface area contributed by atoms with E-state index in [1.165, 1.54) is 0 Å². The van der Waals surface area contributed by atoms with Crippen LogP contribution in [0.3, 0.4) is 0 Å². The lowest BCUT2D eigenvalue weighted by molar-refractivity contribution is -0.386. The standard InChI is InChI=1S/C7H4F2N2O4/c8-7(9)5-4(13)1-10-3(2-12)6(5)11(14)15/h1-2,7,13H. The van der Waals surface area contributed by atoms with Gasteiger partial charge in [0.05, 0.1) is 11.1 Å². The molecule has 0 fully saturated rings. The van der Waals surface area contributed by atoms with Crippen LogP contribution < -0.4 is 0 Å². The Labute approximate surface area is 81.3 Å². The number of aldehydes is 1. The zero-order valence-electron chi connectivity index (χ0n) is 7.05. The Bertz CT molecular complexity index is 422. The van der Waals surface area contributed by atoms with Crippen molar-refractivity contribution in [3.63, 3.8) is 0 Å². The van der Waals surface area contributed by atoms with Gasteiger partial charge >= 0.3 is 5.69 Å². The second kappa shape index (κ2) is 3.95. The van der Waals surface area contributed by atoms with Gasteiger partial charge in [0.1, 0.15) is 11.3 Å². The lowest BCUT2D eigenvalue weighted by Gasteiger charge is -2.04. The molecule has 80 valence electrons. The summed E-state index contributed by atoms with van der Waals surface area (Å²) < 4.78 is 24.7. The van der Waals surface area contributed by atoms with E-state index < -0.39 is 34.0 Å². The van der Waals surface area contributed by atoms with Crippen molar-refractivity contribution in [3.8, 4) is 5.75 Å². The molecule has 0 aliphatic heterocycles. The van der Waals surface area contributed by atoms with Crippen LogP contribution in [0.2, 0.25) is 0 Å². The molecule has 0 radical (unpaired) electrons. The Morgan fingerprint density at radius 2 is 2.20 bits per heavy atom. The second-order valence-corrected chi connectivity index (χ2v) is 2.47. The highest BCUT2D eigenvalue weighted by Gasteiger charge is 2.30. The highest BCUT2D eigenvalue weighted by molar-refractivity contribution is 5.80. The summed E-state index contributed by atoms with van der Waals surface area (Å²) in [5, 5.41) is 19.4. The molecule has 0 saturated heterocycles. The predicted molar refractivity (Wildman–Crippen MR) is 42.9 cm³/mol. The third-order valence-electron chi connectivity index (χ3n) is 1.61. The number of carbonyl (C=O) groups excluding carboxylic acids is 1. The van der Waals surface area contributed by atoms with E-state index in [0.717, 1.165) is 0 Å². The lowest BCUT2D eigenvalue weighted by atomic mass is 10.1. The Kier molecular flexibility index (Phi) is 2.88. The van der Waals surface area contributed by atoms with Crippen LogP contribution >= 0.6 is 0 Å². The van der Waals surface area contributed by atoms with Gasteiger partial charge in [0.25, 0.3) is 6.43 Å². The molecule has 1 aromatic rings. The Morgan fingerprint density at radius 3 is 2.60 bits per heavy atom. The summed E-state index contributed by atoms with van der Waals surface area (Å²) >= 11 is 0. The molecule has 0 saturated carbocycles. The van der Waals surface area contributed by atoms with E-state index in [2.05, 4.69) is 4.98 Å². The maximum atomic E-state index is 12.4. The van der Waals surface area contributed by atoms with Gasteiger partial charge in [-0.2, -0.15) is 0 Å². The van der Waals surface area contributed by atoms with E-state index in [1.54, 1.807) is 0 Å². The first kappa shape index (κ1) is 11.0. The minimum absolute atomic E-state index is 0.0244. The molecule has 0 bridgehead atoms. The fraction of sp³-hybridized carbons (Fsp3) is 0.143. The van der Waals surface area contributed by atoms with E-state index in [0.29, 0.717) is 6.20 Å². The first-order valence-corrected chi connectivity index (χ1v) is 3.58. The molecule has 15 heavy (non-hydrogen) atoms. The smallest absolute Gasteiger partial charge is 0.310 e. The second-order valence-electron chi connectivity index (χ2n) is 2.47. The minimum atomic E-state index is -3.26. The summed E-state index contributed by atoms with van der Waals surface area (Å²) in [4.78, 5) is 22.7. The van der Waals surface area contributed by atoms with Crippen molar-refractivity contribution >= 4 is 12.0 Å². The number of carbonyl (C=O) groups is 1. The summed E-state index contributed by atoms with van der Waals surface area (Å²) in [5.74, 6) is -1.01. The van der Waals surface area contributed by atoms with Gasteiger partial charge in [-0.3, -0.25) is 14.9 Å². The number of nitrogens with zero attached hydrogens (tertiary/aromatic N) is 2. The molecule has 6 nitrogen and oxygen atoms in total. The Balaban J connectivity index is 3.58. The SMILES string of the molecule is O=Cc1ncc(O)c(C(F)F)c1[N+](=O)[O-]. The van der Waals surface area contributed by atoms with Gasteiger partial charge < -0.3 is 5.11 Å². The molecule has 1 N–H and O–H groups in total. The van der Waals surface area contributed by atoms with E-state index in [4.69, 9.17) is 5.11 Å². The molecule has 0 aromatic carbocycles. The van der Waals surface area contributed by atoms with Crippen molar-refractivity contribution in [1.82, 2.24) is 4.98 Å². The molecule has 1 aromatic heterocycles. The number of hydrogen-bond acceptors (Lipinski definition) is 5. The molecule has 8 heteroatoms. The molecule has 0 amide bonds. The molecule has 1 rings (SSSR count). The van der Waals surface area contributed by atoms with Crippen molar-refractivity contribution in [3.05, 3.63) is 27.6 Å². The highest BCUT2D eigenvalue weighted by atomic mass is 19.3. The third-order valence-corrected chi connectivity index (χ3v) is 1.61. The Morgan fingerprint density at radius 1 is 1.60 bits per heavy atom. The van der Waals surface area contributed by atoms with Crippen LogP contribution in [0, 0.1) is 10.1 Å². The number of halogens is 2. The van der Waals surface area contributed by atoms with Gasteiger partial charge in [0, 0.05) is 0 Å². The molecule has 1 heterocycles. The molecular formula is C7H4F2N2O4. The zero-order chi connectivity index (χ0) is 11.6. The first-order chi connectivity index (χ1) is 6.99. The van der Waals surface area contributed by atoms with Crippen molar-refractivity contribution in [1.29, 1.82) is 0 Å². The Hall–Kier alpha value is -2.12. The molecular weight excluding hydrogens is 214 g/mol. The summed E-state index contributed by atoms with van der Waals surface area (Å²) in [7, 11) is 0. The van der Waals surface area contributed by atoms with Crippen molar-refractivity contribution in [2.75, 3.05) is 0 Å². The van der Waals surface area contributed by atoms with E-state index in [9.17, 15) is 23.7 Å². The highest BCUT2D eigenvalue weighted by Crippen LogP contribution is 2.36. The first-order valence-electron chi connectivity index (χ1n) is 3.58. The van der Waals surface area contributed by atoms with Gasteiger partial charge in [0.15, 0.2) is 12.0 Å². The normalized spacial score (nSPS) is 10.3. The van der Waals surface area contributed by atoms with Crippen LogP contribution in [0.4, 0.5) is 14.5 Å². The number of aromatic nitrogens is 1. The fourth-order valence-electron chi connectivity index (χ4n) is 1.01. The van der Waals surface area contributed by atoms with E-state index in [1.807, 2.05) is 0 Å². The van der Waals surface area contributed by atoms with E-state index in [-0.39, 0.29) is 6.29 Å². The summed E-state index contributed by atoms with van der Waals surface area (Å²) in [6.45, 7) is 0. The maximum Gasteiger partial charge on any atom is 0.310 e. The van der Waals surface area contributed by atoms with Gasteiger partial charge in [-0.25, -0.2) is 13.8 Å². The zero-order valence-corrected chi connectivity index (χ0v) is 7.05. The third kappa shape index (κ3) is 1.87. The van der Waals surface area contributed by atoms with Gasteiger partial charge in [-0.15, -0.1) is 0 Å². The van der Waals surface area contributed by atoms with Gasteiger partial charge in [-0.05, 0) is 0 Å². The van der Waals surface area contributed by atoms with Crippen LogP contribution in [0.1, 0.15) is 22.5 Å². The summed E-state index contributed by atoms with van der Waals surface area (Å²) in [6, 6.07) is 0. The average Bonchev–Trinajstić information content (AvgIpc) is 2.16. The molecule has 0 aliphatic rings. The number of rotatable bonds is 3. The lowest BCUT2D eigenvalue weighted by Crippen LogP contribution is -2.03. The van der Waals surface area contributed by atoms with Crippen LogP contribution in [-0.2, 0) is 0 Å². The quantitative estimate of drug-likeness (QED) is 0.470. The fourth-order valence-corrected chi connectivity index (χ4v) is 1.01. The number of alkyl halides is 2. The molecule has 0 atom stereocenters. The largest absolute Gasteiger partial charge is 0.506 e. The topological polar surface area (TPSA) is 93.3 Å². The van der Waals surface area contributed by atoms with Gasteiger partial charge in [-0.1, -0.05) is 0 Å². The average molecular weight is 218 g/mol. The van der Waals surface area contributed by atoms with E-state index >= 15 is 0 Å². The molecule has 0 aliphatic carbocycles. The van der Waals surface area contributed by atoms with Crippen molar-refractivity contribution < 1.29 is 23.6 Å². The molecule has 0 spiro atoms. The van der Waals surface area contributed by atoms with Crippen LogP contribution in [0.15, 0.2) is 6.20 Å². The van der Waals surface area contributed by atoms with Crippen LogP contribution in [0.5, 0.6) is 5.75 Å². The maximum absolute atomic E-state index is 12.4. The van der Waals surface area contributed by atoms with Crippen molar-refractivity contribution in [2.45, 2.75) is 6.43 Å².